The van der Waals surface area contributed by atoms with Gasteiger partial charge in [-0.25, -0.2) is 4.98 Å². The first-order valence-electron chi connectivity index (χ1n) is 10.3. The molecule has 6 rings (SSSR count). The Balaban J connectivity index is 0.000000157. The molecule has 0 aliphatic heterocycles. The van der Waals surface area contributed by atoms with Gasteiger partial charge in [0, 0.05) is 55.0 Å². The van der Waals surface area contributed by atoms with Crippen LogP contribution in [0.5, 0.6) is 0 Å². The van der Waals surface area contributed by atoms with E-state index < -0.39 is 0 Å². The molecule has 1 aromatic carbocycles. The van der Waals surface area contributed by atoms with Crippen molar-refractivity contribution in [1.82, 2.24) is 24.9 Å². The number of rotatable bonds is 2. The number of fused-ring (bicyclic) bond motifs is 3. The quantitative estimate of drug-likeness (QED) is 0.210. The van der Waals surface area contributed by atoms with Crippen LogP contribution in [-0.2, 0) is 19.5 Å². The topological polar surface area (TPSA) is 64.5 Å². The summed E-state index contributed by atoms with van der Waals surface area (Å²) in [5.74, 6) is 0. The second kappa shape index (κ2) is 10.6. The van der Waals surface area contributed by atoms with E-state index in [1.165, 1.54) is 0 Å². The Bertz CT molecular complexity index is 1360. The number of hydrogen-bond acceptors (Lipinski definition) is 5. The van der Waals surface area contributed by atoms with Crippen molar-refractivity contribution in [3.63, 3.8) is 0 Å². The van der Waals surface area contributed by atoms with E-state index >= 15 is 0 Å². The molecular formula is C27H19N5Ru. The Labute approximate surface area is 204 Å². The molecule has 6 aromatic rings. The third-order valence-electron chi connectivity index (χ3n) is 4.95. The standard InChI is InChI=1S/C15H11N3.C12H8N2.Ru/c1-3-10-16-12(6-1)14-8-5-9-15(18-14)13-7-2-4-11-17-13;1-3-9-5-6-10-4-2-8-14-12(10)11(9)13-7-1;/h1-11H;1-8H;. The van der Waals surface area contributed by atoms with Crippen molar-refractivity contribution in [2.75, 3.05) is 0 Å². The Morgan fingerprint density at radius 1 is 0.364 bits per heavy atom. The molecule has 0 radical (unpaired) electrons. The zero-order valence-electron chi connectivity index (χ0n) is 17.6. The second-order valence-electron chi connectivity index (χ2n) is 7.05. The largest absolute Gasteiger partial charge is 0.255 e. The van der Waals surface area contributed by atoms with Gasteiger partial charge in [0.05, 0.1) is 33.8 Å². The number of aromatic nitrogens is 5. The average Bonchev–Trinajstić information content (AvgIpc) is 2.90. The molecule has 0 saturated carbocycles. The summed E-state index contributed by atoms with van der Waals surface area (Å²) in [4.78, 5) is 21.9. The first-order valence-corrected chi connectivity index (χ1v) is 10.3. The van der Waals surface area contributed by atoms with Crippen LogP contribution in [0.2, 0.25) is 0 Å². The fourth-order valence-electron chi connectivity index (χ4n) is 3.43. The van der Waals surface area contributed by atoms with Crippen LogP contribution in [0, 0.1) is 0 Å². The maximum absolute atomic E-state index is 4.59. The predicted octanol–water partition coefficient (Wildman–Crippen LogP) is 5.99. The predicted molar refractivity (Wildman–Crippen MR) is 128 cm³/mol. The maximum atomic E-state index is 4.59. The van der Waals surface area contributed by atoms with Crippen LogP contribution in [0.1, 0.15) is 0 Å². The molecule has 0 unspecified atom stereocenters. The molecule has 5 aromatic heterocycles. The van der Waals surface area contributed by atoms with Crippen LogP contribution in [-0.4, -0.2) is 24.9 Å². The summed E-state index contributed by atoms with van der Waals surface area (Å²) in [5.41, 5.74) is 5.42. The van der Waals surface area contributed by atoms with Gasteiger partial charge in [0.15, 0.2) is 0 Å². The first kappa shape index (κ1) is 22.3. The molecule has 0 saturated heterocycles. The van der Waals surface area contributed by atoms with Crippen molar-refractivity contribution in [1.29, 1.82) is 0 Å². The molecule has 0 fully saturated rings. The molecule has 0 amide bonds. The van der Waals surface area contributed by atoms with Crippen molar-refractivity contribution in [2.24, 2.45) is 0 Å². The molecule has 0 aliphatic rings. The van der Waals surface area contributed by atoms with E-state index in [4.69, 9.17) is 0 Å². The van der Waals surface area contributed by atoms with Gasteiger partial charge in [0.2, 0.25) is 0 Å². The van der Waals surface area contributed by atoms with Gasteiger partial charge in [0.25, 0.3) is 0 Å². The van der Waals surface area contributed by atoms with E-state index in [0.29, 0.717) is 0 Å². The fourth-order valence-corrected chi connectivity index (χ4v) is 3.43. The molecule has 5 nitrogen and oxygen atoms in total. The van der Waals surface area contributed by atoms with Crippen LogP contribution in [0.25, 0.3) is 44.6 Å². The normalized spacial score (nSPS) is 10.2. The molecule has 0 N–H and O–H groups in total. The smallest absolute Gasteiger partial charge is 0.0964 e. The second-order valence-corrected chi connectivity index (χ2v) is 7.05. The summed E-state index contributed by atoms with van der Waals surface area (Å²) in [7, 11) is 0. The van der Waals surface area contributed by atoms with Crippen LogP contribution in [0.4, 0.5) is 0 Å². The van der Waals surface area contributed by atoms with Crippen molar-refractivity contribution >= 4 is 21.8 Å². The summed E-state index contributed by atoms with van der Waals surface area (Å²) >= 11 is 0. The van der Waals surface area contributed by atoms with Gasteiger partial charge in [-0.05, 0) is 48.5 Å². The molecule has 160 valence electrons. The van der Waals surface area contributed by atoms with Crippen molar-refractivity contribution < 1.29 is 19.5 Å². The van der Waals surface area contributed by atoms with Gasteiger partial charge in [0.1, 0.15) is 0 Å². The Hall–Kier alpha value is -3.89. The van der Waals surface area contributed by atoms with Gasteiger partial charge in [-0.2, -0.15) is 0 Å². The zero-order chi connectivity index (χ0) is 21.6. The van der Waals surface area contributed by atoms with Crippen LogP contribution in [0.3, 0.4) is 0 Å². The SMILES string of the molecule is [Ru].c1ccc(-c2cccc(-c3ccccn3)n2)nc1.c1cnc2c(c1)ccc1cccnc12. The van der Waals surface area contributed by atoms with Gasteiger partial charge >= 0.3 is 0 Å². The molecule has 6 heteroatoms. The number of nitrogens with zero attached hydrogens (tertiary/aromatic N) is 5. The Kier molecular flexibility index (Phi) is 7.18. The Morgan fingerprint density at radius 3 is 1.27 bits per heavy atom. The Morgan fingerprint density at radius 2 is 0.818 bits per heavy atom. The maximum Gasteiger partial charge on any atom is 0.0964 e. The van der Waals surface area contributed by atoms with E-state index in [0.717, 1.165) is 44.6 Å². The van der Waals surface area contributed by atoms with Gasteiger partial charge < -0.3 is 0 Å². The van der Waals surface area contributed by atoms with Crippen LogP contribution < -0.4 is 0 Å². The molecule has 0 spiro atoms. The monoisotopic (exact) mass is 515 g/mol. The number of pyridine rings is 5. The van der Waals surface area contributed by atoms with Crippen molar-refractivity contribution in [2.45, 2.75) is 0 Å². The molecule has 33 heavy (non-hydrogen) atoms. The minimum atomic E-state index is 0. The summed E-state index contributed by atoms with van der Waals surface area (Å²) in [5, 5.41) is 2.28. The summed E-state index contributed by atoms with van der Waals surface area (Å²) in [6.07, 6.45) is 7.14. The molecular weight excluding hydrogens is 495 g/mol. The third kappa shape index (κ3) is 5.13. The van der Waals surface area contributed by atoms with Crippen LogP contribution >= 0.6 is 0 Å². The summed E-state index contributed by atoms with van der Waals surface area (Å²) in [6.45, 7) is 0. The van der Waals surface area contributed by atoms with E-state index in [9.17, 15) is 0 Å². The third-order valence-corrected chi connectivity index (χ3v) is 4.95. The van der Waals surface area contributed by atoms with Crippen molar-refractivity contribution in [3.05, 3.63) is 116 Å². The zero-order valence-corrected chi connectivity index (χ0v) is 19.3. The molecule has 0 aliphatic carbocycles. The van der Waals surface area contributed by atoms with Gasteiger partial charge in [-0.3, -0.25) is 19.9 Å². The van der Waals surface area contributed by atoms with E-state index in [-0.39, 0.29) is 19.5 Å². The van der Waals surface area contributed by atoms with Crippen molar-refractivity contribution in [3.8, 4) is 22.8 Å². The number of benzene rings is 1. The molecule has 0 bridgehead atoms. The number of hydrogen-bond donors (Lipinski definition) is 0. The van der Waals surface area contributed by atoms with Gasteiger partial charge in [-0.1, -0.05) is 42.5 Å². The minimum absolute atomic E-state index is 0. The van der Waals surface area contributed by atoms with E-state index in [1.54, 1.807) is 24.8 Å². The summed E-state index contributed by atoms with van der Waals surface area (Å²) < 4.78 is 0. The van der Waals surface area contributed by atoms with Crippen LogP contribution in [0.15, 0.2) is 116 Å². The molecule has 0 atom stereocenters. The fraction of sp³-hybridized carbons (Fsp3) is 0. The van der Waals surface area contributed by atoms with E-state index in [1.807, 2.05) is 66.7 Å². The average molecular weight is 515 g/mol. The first-order chi connectivity index (χ1) is 15.9. The van der Waals surface area contributed by atoms with Gasteiger partial charge in [-0.15, -0.1) is 0 Å². The molecule has 5 heterocycles. The van der Waals surface area contributed by atoms with E-state index in [2.05, 4.69) is 49.2 Å². The summed E-state index contributed by atoms with van der Waals surface area (Å²) in [6, 6.07) is 29.6. The minimum Gasteiger partial charge on any atom is -0.255 e.